The molecule has 0 aliphatic carbocycles. The first-order valence-electron chi connectivity index (χ1n) is 9.04. The summed E-state index contributed by atoms with van der Waals surface area (Å²) in [7, 11) is 5.44. The smallest absolute Gasteiger partial charge is 0.321 e. The van der Waals surface area contributed by atoms with E-state index in [1.807, 2.05) is 19.0 Å². The average Bonchev–Trinajstić information content (AvgIpc) is 2.60. The topological polar surface area (TPSA) is 54.0 Å². The first kappa shape index (κ1) is 21.2. The van der Waals surface area contributed by atoms with Gasteiger partial charge in [-0.2, -0.15) is 0 Å². The minimum absolute atomic E-state index is 0.0199. The molecule has 0 bridgehead atoms. The minimum Gasteiger partial charge on any atom is -0.493 e. The molecule has 0 aromatic heterocycles. The summed E-state index contributed by atoms with van der Waals surface area (Å²) < 4.78 is 38.9. The van der Waals surface area contributed by atoms with Crippen LogP contribution in [0.25, 0.3) is 0 Å². The van der Waals surface area contributed by atoms with Gasteiger partial charge in [-0.1, -0.05) is 13.8 Å². The fraction of sp³-hybridized carbons (Fsp3) is 0.632. The number of rotatable bonds is 6. The number of piperidine rings is 1. The predicted molar refractivity (Wildman–Crippen MR) is 101 cm³/mol. The zero-order valence-corrected chi connectivity index (χ0v) is 16.6. The molecule has 2 atom stereocenters. The van der Waals surface area contributed by atoms with Crippen molar-refractivity contribution in [1.82, 2.24) is 9.80 Å². The van der Waals surface area contributed by atoms with Crippen molar-refractivity contribution in [2.75, 3.05) is 52.8 Å². The van der Waals surface area contributed by atoms with Crippen LogP contribution in [0, 0.1) is 11.8 Å². The summed E-state index contributed by atoms with van der Waals surface area (Å²) in [5.74, 6) is -3.44. The zero-order valence-electron chi connectivity index (χ0n) is 16.6. The van der Waals surface area contributed by atoms with Crippen LogP contribution in [0.2, 0.25) is 0 Å². The molecule has 1 fully saturated rings. The van der Waals surface area contributed by atoms with Gasteiger partial charge in [0.05, 0.1) is 7.11 Å². The van der Waals surface area contributed by atoms with Crippen LogP contribution in [0.4, 0.5) is 19.3 Å². The van der Waals surface area contributed by atoms with Gasteiger partial charge in [-0.25, -0.2) is 13.6 Å². The van der Waals surface area contributed by atoms with Gasteiger partial charge >= 0.3 is 6.03 Å². The molecule has 2 unspecified atom stereocenters. The molecule has 1 saturated heterocycles. The fourth-order valence-electron chi connectivity index (χ4n) is 3.04. The van der Waals surface area contributed by atoms with Crippen molar-refractivity contribution in [2.24, 2.45) is 11.8 Å². The number of ether oxygens (including phenoxy) is 2. The number of likely N-dealkylation sites (N-methyl/N-ethyl adjacent to an activating group) is 1. The largest absolute Gasteiger partial charge is 0.493 e. The predicted octanol–water partition coefficient (Wildman–Crippen LogP) is 3.39. The van der Waals surface area contributed by atoms with Crippen LogP contribution in [0.3, 0.4) is 0 Å². The summed E-state index contributed by atoms with van der Waals surface area (Å²) in [5, 5.41) is 2.75. The maximum Gasteiger partial charge on any atom is 0.321 e. The number of halogens is 2. The molecule has 1 N–H and O–H groups in total. The molecule has 6 nitrogen and oxygen atoms in total. The minimum atomic E-state index is -2.76. The van der Waals surface area contributed by atoms with Crippen LogP contribution in [-0.4, -0.2) is 69.2 Å². The van der Waals surface area contributed by atoms with Gasteiger partial charge in [0.25, 0.3) is 5.92 Å². The number of anilines is 1. The normalized spacial score (nSPS) is 21.9. The lowest BCUT2D eigenvalue weighted by Gasteiger charge is -2.40. The van der Waals surface area contributed by atoms with E-state index in [1.165, 1.54) is 25.9 Å². The number of methoxy groups -OCH3 is 1. The number of carbonyl (C=O) groups excluding carboxylic acids is 1. The van der Waals surface area contributed by atoms with E-state index in [2.05, 4.69) is 5.32 Å². The maximum absolute atomic E-state index is 14.0. The molecular formula is C19H29F2N3O3. The second kappa shape index (κ2) is 8.73. The third-order valence-corrected chi connectivity index (χ3v) is 4.80. The van der Waals surface area contributed by atoms with Crippen molar-refractivity contribution in [3.8, 4) is 11.5 Å². The van der Waals surface area contributed by atoms with Gasteiger partial charge in [-0.15, -0.1) is 0 Å². The number of urea groups is 1. The Morgan fingerprint density at radius 1 is 1.26 bits per heavy atom. The molecule has 2 amide bonds. The molecule has 27 heavy (non-hydrogen) atoms. The number of likely N-dealkylation sites (tertiary alicyclic amines) is 1. The summed E-state index contributed by atoms with van der Waals surface area (Å²) >= 11 is 0. The molecule has 8 heteroatoms. The number of carbonyl (C=O) groups is 1. The van der Waals surface area contributed by atoms with Crippen molar-refractivity contribution >= 4 is 11.7 Å². The molecule has 1 aromatic carbocycles. The lowest BCUT2D eigenvalue weighted by Crippen LogP contribution is -2.54. The summed E-state index contributed by atoms with van der Waals surface area (Å²) in [6.07, 6.45) is 0. The van der Waals surface area contributed by atoms with Crippen LogP contribution >= 0.6 is 0 Å². The lowest BCUT2D eigenvalue weighted by molar-refractivity contribution is -0.130. The first-order chi connectivity index (χ1) is 12.6. The zero-order chi connectivity index (χ0) is 20.2. The lowest BCUT2D eigenvalue weighted by atomic mass is 9.87. The second-order valence-electron chi connectivity index (χ2n) is 7.33. The molecule has 0 radical (unpaired) electrons. The van der Waals surface area contributed by atoms with Gasteiger partial charge < -0.3 is 24.6 Å². The Balaban J connectivity index is 2.01. The van der Waals surface area contributed by atoms with Crippen molar-refractivity contribution in [3.05, 3.63) is 18.2 Å². The van der Waals surface area contributed by atoms with E-state index < -0.39 is 23.8 Å². The Bertz CT molecular complexity index is 641. The molecule has 2 rings (SSSR count). The highest BCUT2D eigenvalue weighted by atomic mass is 19.3. The molecule has 0 spiro atoms. The highest BCUT2D eigenvalue weighted by molar-refractivity contribution is 5.89. The second-order valence-corrected chi connectivity index (χ2v) is 7.33. The molecule has 0 saturated carbocycles. The van der Waals surface area contributed by atoms with Crippen LogP contribution < -0.4 is 14.8 Å². The summed E-state index contributed by atoms with van der Waals surface area (Å²) in [5.41, 5.74) is 0.523. The highest BCUT2D eigenvalue weighted by Gasteiger charge is 2.48. The number of nitrogens with zero attached hydrogens (tertiary/aromatic N) is 2. The molecule has 152 valence electrons. The van der Waals surface area contributed by atoms with E-state index in [0.29, 0.717) is 23.8 Å². The van der Waals surface area contributed by atoms with E-state index in [1.54, 1.807) is 18.2 Å². The van der Waals surface area contributed by atoms with Gasteiger partial charge in [0.15, 0.2) is 11.5 Å². The van der Waals surface area contributed by atoms with Gasteiger partial charge in [0.2, 0.25) is 0 Å². The Morgan fingerprint density at radius 2 is 1.89 bits per heavy atom. The van der Waals surface area contributed by atoms with E-state index in [4.69, 9.17) is 9.47 Å². The highest BCUT2D eigenvalue weighted by Crippen LogP contribution is 2.37. The number of hydrogen-bond donors (Lipinski definition) is 1. The van der Waals surface area contributed by atoms with Gasteiger partial charge in [0, 0.05) is 43.2 Å². The van der Waals surface area contributed by atoms with E-state index in [0.717, 1.165) is 6.54 Å². The van der Waals surface area contributed by atoms with Crippen molar-refractivity contribution in [2.45, 2.75) is 19.8 Å². The van der Waals surface area contributed by atoms with Gasteiger partial charge in [-0.3, -0.25) is 0 Å². The van der Waals surface area contributed by atoms with Crippen LogP contribution in [-0.2, 0) is 0 Å². The monoisotopic (exact) mass is 385 g/mol. The SMILES string of the molecule is COc1cc(NC(=O)N2CC(C)C(F)(F)C(C)C2)ccc1OCCN(C)C. The number of hydrogen-bond acceptors (Lipinski definition) is 4. The van der Waals surface area contributed by atoms with E-state index in [-0.39, 0.29) is 13.1 Å². The third-order valence-electron chi connectivity index (χ3n) is 4.80. The number of nitrogens with one attached hydrogen (secondary N) is 1. The molecule has 1 aromatic rings. The van der Waals surface area contributed by atoms with E-state index in [9.17, 15) is 13.6 Å². The Hall–Kier alpha value is -2.09. The maximum atomic E-state index is 14.0. The summed E-state index contributed by atoms with van der Waals surface area (Å²) in [6.45, 7) is 4.25. The van der Waals surface area contributed by atoms with Gasteiger partial charge in [-0.05, 0) is 26.2 Å². The average molecular weight is 385 g/mol. The van der Waals surface area contributed by atoms with Gasteiger partial charge in [0.1, 0.15) is 6.61 Å². The van der Waals surface area contributed by atoms with Crippen molar-refractivity contribution in [3.63, 3.8) is 0 Å². The van der Waals surface area contributed by atoms with Crippen LogP contribution in [0.1, 0.15) is 13.8 Å². The Labute approximate surface area is 159 Å². The standard InChI is InChI=1S/C19H29F2N3O3/c1-13-11-24(12-14(2)19(13,20)21)18(25)22-15-6-7-16(17(10-15)26-5)27-9-8-23(3)4/h6-7,10,13-14H,8-9,11-12H2,1-5H3,(H,22,25). The number of benzene rings is 1. The first-order valence-corrected chi connectivity index (χ1v) is 9.04. The Morgan fingerprint density at radius 3 is 2.44 bits per heavy atom. The quantitative estimate of drug-likeness (QED) is 0.816. The molecule has 1 aliphatic heterocycles. The molecular weight excluding hydrogens is 356 g/mol. The van der Waals surface area contributed by atoms with Crippen LogP contribution in [0.15, 0.2) is 18.2 Å². The Kier molecular flexibility index (Phi) is 6.86. The fourth-order valence-corrected chi connectivity index (χ4v) is 3.04. The third kappa shape index (κ3) is 5.22. The number of alkyl halides is 2. The van der Waals surface area contributed by atoms with Crippen LogP contribution in [0.5, 0.6) is 11.5 Å². The van der Waals surface area contributed by atoms with Crippen molar-refractivity contribution in [1.29, 1.82) is 0 Å². The van der Waals surface area contributed by atoms with E-state index >= 15 is 0 Å². The summed E-state index contributed by atoms with van der Waals surface area (Å²) in [6, 6.07) is 4.69. The van der Waals surface area contributed by atoms with Crippen molar-refractivity contribution < 1.29 is 23.0 Å². The molecule has 1 aliphatic rings. The molecule has 1 heterocycles. The summed E-state index contributed by atoms with van der Waals surface area (Å²) in [4.78, 5) is 15.9. The number of amides is 2.